The highest BCUT2D eigenvalue weighted by Crippen LogP contribution is 2.30. The number of carbonyl (C=O) groups is 1. The van der Waals surface area contributed by atoms with Gasteiger partial charge >= 0.3 is 6.18 Å². The lowest BCUT2D eigenvalue weighted by Crippen LogP contribution is -2.47. The van der Waals surface area contributed by atoms with Crippen LogP contribution in [0, 0.1) is 0 Å². The fourth-order valence-electron chi connectivity index (χ4n) is 3.99. The van der Waals surface area contributed by atoms with Gasteiger partial charge in [-0.2, -0.15) is 13.2 Å². The second-order valence-electron chi connectivity index (χ2n) is 7.69. The largest absolute Gasteiger partial charge is 0.416 e. The summed E-state index contributed by atoms with van der Waals surface area (Å²) >= 11 is 1.44. The molecule has 162 valence electrons. The molecular weight excluding hydrogens is 421 g/mol. The van der Waals surface area contributed by atoms with Crippen LogP contribution < -0.4 is 4.90 Å². The summed E-state index contributed by atoms with van der Waals surface area (Å²) < 4.78 is 38.3. The number of carbonyl (C=O) groups excluding carboxylic acids is 1. The molecule has 1 aliphatic rings. The number of thiophene rings is 1. The fraction of sp³-hybridized carbons (Fsp3) is 0.292. The third-order valence-corrected chi connectivity index (χ3v) is 6.45. The van der Waals surface area contributed by atoms with Crippen LogP contribution >= 0.6 is 11.3 Å². The molecule has 2 aromatic carbocycles. The number of alkyl halides is 3. The highest BCUT2D eigenvalue weighted by Gasteiger charge is 2.31. The molecule has 3 nitrogen and oxygen atoms in total. The number of amides is 1. The van der Waals surface area contributed by atoms with Gasteiger partial charge < -0.3 is 4.90 Å². The summed E-state index contributed by atoms with van der Waals surface area (Å²) in [4.78, 5) is 18.1. The van der Waals surface area contributed by atoms with Crippen molar-refractivity contribution in [3.8, 4) is 0 Å². The minimum atomic E-state index is -4.31. The Bertz CT molecular complexity index is 980. The molecule has 3 aromatic rings. The van der Waals surface area contributed by atoms with Crippen molar-refractivity contribution in [3.63, 3.8) is 0 Å². The molecule has 0 N–H and O–H groups in total. The molecule has 4 rings (SSSR count). The van der Waals surface area contributed by atoms with Gasteiger partial charge in [0.15, 0.2) is 0 Å². The van der Waals surface area contributed by atoms with Crippen LogP contribution in [0.15, 0.2) is 72.1 Å². The van der Waals surface area contributed by atoms with Gasteiger partial charge in [-0.3, -0.25) is 9.69 Å². The van der Waals surface area contributed by atoms with Crippen LogP contribution in [0.4, 0.5) is 18.9 Å². The number of hydrogen-bond acceptors (Lipinski definition) is 3. The van der Waals surface area contributed by atoms with Crippen LogP contribution in [0.5, 0.6) is 0 Å². The lowest BCUT2D eigenvalue weighted by Gasteiger charge is -2.38. The van der Waals surface area contributed by atoms with E-state index in [1.165, 1.54) is 11.3 Å². The van der Waals surface area contributed by atoms with E-state index in [1.807, 2.05) is 52.7 Å². The van der Waals surface area contributed by atoms with E-state index in [-0.39, 0.29) is 11.9 Å². The second kappa shape index (κ2) is 9.24. The predicted molar refractivity (Wildman–Crippen MR) is 117 cm³/mol. The van der Waals surface area contributed by atoms with Gasteiger partial charge in [-0.15, -0.1) is 11.3 Å². The third kappa shape index (κ3) is 5.17. The highest BCUT2D eigenvalue weighted by molar-refractivity contribution is 7.12. The van der Waals surface area contributed by atoms with E-state index in [4.69, 9.17) is 0 Å². The summed E-state index contributed by atoms with van der Waals surface area (Å²) in [7, 11) is 0. The van der Waals surface area contributed by atoms with E-state index >= 15 is 0 Å². The molecule has 1 saturated heterocycles. The Labute approximate surface area is 183 Å². The van der Waals surface area contributed by atoms with Gasteiger partial charge in [-0.25, -0.2) is 0 Å². The first kappa shape index (κ1) is 21.6. The lowest BCUT2D eigenvalue weighted by molar-refractivity contribution is -0.137. The number of nitrogens with zero attached hydrogens (tertiary/aromatic N) is 2. The van der Waals surface area contributed by atoms with Crippen molar-refractivity contribution >= 4 is 22.9 Å². The highest BCUT2D eigenvalue weighted by atomic mass is 32.1. The summed E-state index contributed by atoms with van der Waals surface area (Å²) in [5, 5.41) is 1.91. The SMILES string of the molecule is O=C(c1cccs1)N(c1ccccc1)C1CCN(Cc2ccc(C(F)(F)F)cc2)CC1. The van der Waals surface area contributed by atoms with Gasteiger partial charge in [0.2, 0.25) is 0 Å². The van der Waals surface area contributed by atoms with Gasteiger partial charge in [-0.05, 0) is 54.1 Å². The molecule has 31 heavy (non-hydrogen) atoms. The molecule has 0 saturated carbocycles. The number of rotatable bonds is 5. The molecular formula is C24H23F3N2OS. The average molecular weight is 445 g/mol. The minimum absolute atomic E-state index is 0.0161. The van der Waals surface area contributed by atoms with E-state index in [9.17, 15) is 18.0 Å². The van der Waals surface area contributed by atoms with Crippen LogP contribution in [0.25, 0.3) is 0 Å². The molecule has 0 aliphatic carbocycles. The number of likely N-dealkylation sites (tertiary alicyclic amines) is 1. The zero-order valence-electron chi connectivity index (χ0n) is 16.9. The summed E-state index contributed by atoms with van der Waals surface area (Å²) in [6.07, 6.45) is -2.69. The molecule has 0 spiro atoms. The molecule has 0 unspecified atom stereocenters. The van der Waals surface area contributed by atoms with E-state index in [1.54, 1.807) is 12.1 Å². The van der Waals surface area contributed by atoms with Crippen molar-refractivity contribution in [2.24, 2.45) is 0 Å². The topological polar surface area (TPSA) is 23.6 Å². The molecule has 2 heterocycles. The van der Waals surface area contributed by atoms with Crippen LogP contribution in [0.2, 0.25) is 0 Å². The molecule has 0 radical (unpaired) electrons. The van der Waals surface area contributed by atoms with Gasteiger partial charge in [-0.1, -0.05) is 36.4 Å². The normalized spacial score (nSPS) is 15.7. The van der Waals surface area contributed by atoms with Gasteiger partial charge in [0.25, 0.3) is 5.91 Å². The molecule has 1 aromatic heterocycles. The van der Waals surface area contributed by atoms with Crippen LogP contribution in [-0.2, 0) is 12.7 Å². The van der Waals surface area contributed by atoms with Crippen LogP contribution in [0.3, 0.4) is 0 Å². The maximum atomic E-state index is 13.2. The second-order valence-corrected chi connectivity index (χ2v) is 8.64. The minimum Gasteiger partial charge on any atom is -0.305 e. The van der Waals surface area contributed by atoms with Crippen LogP contribution in [0.1, 0.15) is 33.6 Å². The Hall–Kier alpha value is -2.64. The maximum Gasteiger partial charge on any atom is 0.416 e. The quantitative estimate of drug-likeness (QED) is 0.476. The average Bonchev–Trinajstić information content (AvgIpc) is 3.31. The summed E-state index contributed by atoms with van der Waals surface area (Å²) in [6, 6.07) is 18.9. The molecule has 1 aliphatic heterocycles. The zero-order valence-corrected chi connectivity index (χ0v) is 17.7. The lowest BCUT2D eigenvalue weighted by atomic mass is 10.0. The first-order valence-electron chi connectivity index (χ1n) is 10.2. The molecule has 1 fully saturated rings. The first-order valence-corrected chi connectivity index (χ1v) is 11.1. The zero-order chi connectivity index (χ0) is 21.8. The Balaban J connectivity index is 1.42. The maximum absolute atomic E-state index is 13.2. The number of hydrogen-bond donors (Lipinski definition) is 0. The van der Waals surface area contributed by atoms with E-state index in [2.05, 4.69) is 4.90 Å². The predicted octanol–water partition coefficient (Wildman–Crippen LogP) is 6.08. The molecule has 7 heteroatoms. The number of halogens is 3. The van der Waals surface area contributed by atoms with E-state index < -0.39 is 11.7 Å². The monoisotopic (exact) mass is 444 g/mol. The smallest absolute Gasteiger partial charge is 0.305 e. The van der Waals surface area contributed by atoms with Gasteiger partial charge in [0, 0.05) is 31.4 Å². The van der Waals surface area contributed by atoms with Crippen molar-refractivity contribution in [2.75, 3.05) is 18.0 Å². The standard InChI is InChI=1S/C24H23F3N2OS/c25-24(26,27)19-10-8-18(9-11-19)17-28-14-12-21(13-15-28)29(20-5-2-1-3-6-20)23(30)22-7-4-16-31-22/h1-11,16,21H,12-15,17H2. The Morgan fingerprint density at radius 1 is 0.968 bits per heavy atom. The molecule has 1 amide bonds. The van der Waals surface area contributed by atoms with Crippen molar-refractivity contribution in [2.45, 2.75) is 31.6 Å². The fourth-order valence-corrected chi connectivity index (χ4v) is 4.65. The van der Waals surface area contributed by atoms with Crippen molar-refractivity contribution in [1.29, 1.82) is 0 Å². The van der Waals surface area contributed by atoms with Crippen molar-refractivity contribution in [3.05, 3.63) is 88.1 Å². The van der Waals surface area contributed by atoms with E-state index in [0.717, 1.165) is 54.2 Å². The number of benzene rings is 2. The number of piperidine rings is 1. The van der Waals surface area contributed by atoms with E-state index in [0.29, 0.717) is 6.54 Å². The Morgan fingerprint density at radius 3 is 2.23 bits per heavy atom. The summed E-state index contributed by atoms with van der Waals surface area (Å²) in [5.74, 6) is 0.0161. The number of para-hydroxylation sites is 1. The van der Waals surface area contributed by atoms with Crippen molar-refractivity contribution in [1.82, 2.24) is 4.90 Å². The number of anilines is 1. The molecule has 0 bridgehead atoms. The molecule has 0 atom stereocenters. The van der Waals surface area contributed by atoms with Crippen LogP contribution in [-0.4, -0.2) is 29.9 Å². The third-order valence-electron chi connectivity index (χ3n) is 5.59. The van der Waals surface area contributed by atoms with Gasteiger partial charge in [0.1, 0.15) is 0 Å². The summed E-state index contributed by atoms with van der Waals surface area (Å²) in [5.41, 5.74) is 1.13. The first-order chi connectivity index (χ1) is 14.9. The summed E-state index contributed by atoms with van der Waals surface area (Å²) in [6.45, 7) is 2.18. The van der Waals surface area contributed by atoms with Gasteiger partial charge in [0.05, 0.1) is 10.4 Å². The van der Waals surface area contributed by atoms with Crippen molar-refractivity contribution < 1.29 is 18.0 Å². The Kier molecular flexibility index (Phi) is 6.43. The Morgan fingerprint density at radius 2 is 1.65 bits per heavy atom.